The lowest BCUT2D eigenvalue weighted by atomic mass is 9.84. The van der Waals surface area contributed by atoms with Crippen LogP contribution in [0.3, 0.4) is 0 Å². The summed E-state index contributed by atoms with van der Waals surface area (Å²) in [6.45, 7) is 10.9. The Labute approximate surface area is 289 Å². The van der Waals surface area contributed by atoms with Crippen LogP contribution in [0.4, 0.5) is 0 Å². The van der Waals surface area contributed by atoms with Gasteiger partial charge in [0.25, 0.3) is 0 Å². The van der Waals surface area contributed by atoms with Gasteiger partial charge in [-0.3, -0.25) is 0 Å². The van der Waals surface area contributed by atoms with Crippen molar-refractivity contribution in [2.24, 2.45) is 0 Å². The van der Waals surface area contributed by atoms with Gasteiger partial charge in [-0.2, -0.15) is 0 Å². The van der Waals surface area contributed by atoms with Gasteiger partial charge in [0.2, 0.25) is 0 Å². The van der Waals surface area contributed by atoms with Crippen molar-refractivity contribution in [3.8, 4) is 27.9 Å². The van der Waals surface area contributed by atoms with Gasteiger partial charge in [-0.1, -0.05) is 154 Å². The first kappa shape index (κ1) is 30.7. The summed E-state index contributed by atoms with van der Waals surface area (Å²) in [5.41, 5.74) is 10.2. The van der Waals surface area contributed by atoms with Gasteiger partial charge < -0.3 is 4.57 Å². The fraction of sp³-hybridized carbons (Fsp3) is 0.125. The second-order valence-corrected chi connectivity index (χ2v) is 14.1. The maximum atomic E-state index is 2.40. The minimum atomic E-state index is 0.0997. The summed E-state index contributed by atoms with van der Waals surface area (Å²) in [5, 5.41) is 10.4. The van der Waals surface area contributed by atoms with E-state index >= 15 is 0 Å². The maximum absolute atomic E-state index is 2.40. The van der Waals surface area contributed by atoms with Crippen LogP contribution in [0.1, 0.15) is 40.2 Å². The third-order valence-corrected chi connectivity index (χ3v) is 10.0. The smallest absolute Gasteiger partial charge is 0.0541 e. The molecule has 0 radical (unpaired) electrons. The summed E-state index contributed by atoms with van der Waals surface area (Å²) in [4.78, 5) is 0. The van der Waals surface area contributed by atoms with Gasteiger partial charge in [0.15, 0.2) is 0 Å². The summed E-state index contributed by atoms with van der Waals surface area (Å²) >= 11 is 0. The summed E-state index contributed by atoms with van der Waals surface area (Å²) in [6.07, 6.45) is 4.00. The molecule has 1 heterocycles. The van der Waals surface area contributed by atoms with Crippen LogP contribution < -0.4 is 0 Å². The van der Waals surface area contributed by atoms with Crippen molar-refractivity contribution in [1.29, 1.82) is 0 Å². The quantitative estimate of drug-likeness (QED) is 0.135. The minimum Gasteiger partial charge on any atom is -0.309 e. The Morgan fingerprint density at radius 3 is 1.47 bits per heavy atom. The fourth-order valence-electron chi connectivity index (χ4n) is 7.47. The molecule has 0 fully saturated rings. The van der Waals surface area contributed by atoms with Crippen molar-refractivity contribution < 1.29 is 0 Å². The van der Waals surface area contributed by atoms with Gasteiger partial charge in [-0.25, -0.2) is 0 Å². The molecule has 0 aliphatic carbocycles. The molecule has 0 bridgehead atoms. The lowest BCUT2D eigenvalue weighted by Crippen LogP contribution is -2.10. The number of allylic oxidation sites excluding steroid dienone is 2. The molecule has 238 valence electrons. The van der Waals surface area contributed by atoms with Crippen molar-refractivity contribution in [1.82, 2.24) is 4.57 Å². The fourth-order valence-corrected chi connectivity index (χ4v) is 7.47. The molecule has 0 saturated carbocycles. The average Bonchev–Trinajstić information content (AvgIpc) is 3.48. The van der Waals surface area contributed by atoms with Gasteiger partial charge >= 0.3 is 0 Å². The molecular weight excluding hydrogens is 591 g/mol. The van der Waals surface area contributed by atoms with Crippen molar-refractivity contribution in [3.05, 3.63) is 163 Å². The number of rotatable bonds is 3. The second kappa shape index (κ2) is 12.1. The highest BCUT2D eigenvalue weighted by atomic mass is 15.0. The molecule has 49 heavy (non-hydrogen) atoms. The number of hydrogen-bond donors (Lipinski definition) is 0. The third kappa shape index (κ3) is 5.18. The van der Waals surface area contributed by atoms with E-state index in [2.05, 4.69) is 171 Å². The number of aromatic nitrogens is 1. The summed E-state index contributed by atoms with van der Waals surface area (Å²) in [7, 11) is 0. The lowest BCUT2D eigenvalue weighted by Gasteiger charge is -2.21. The van der Waals surface area contributed by atoms with Crippen LogP contribution in [-0.2, 0) is 5.41 Å². The number of hydrogen-bond acceptors (Lipinski definition) is 0. The summed E-state index contributed by atoms with van der Waals surface area (Å²) in [6, 6.07) is 54.1. The Morgan fingerprint density at radius 2 is 0.939 bits per heavy atom. The Bertz CT molecular complexity index is 2600. The van der Waals surface area contributed by atoms with Crippen molar-refractivity contribution in [3.63, 3.8) is 0 Å². The Morgan fingerprint density at radius 1 is 0.449 bits per heavy atom. The molecule has 1 heteroatoms. The highest BCUT2D eigenvalue weighted by Gasteiger charge is 2.18. The van der Waals surface area contributed by atoms with Gasteiger partial charge in [0.1, 0.15) is 0 Å². The van der Waals surface area contributed by atoms with Gasteiger partial charge in [-0.05, 0) is 104 Å². The van der Waals surface area contributed by atoms with E-state index in [1.165, 1.54) is 87.6 Å². The Balaban J connectivity index is 0.000000829. The molecule has 1 aromatic heterocycles. The molecule has 0 unspecified atom stereocenters. The van der Waals surface area contributed by atoms with Gasteiger partial charge in [0, 0.05) is 16.5 Å². The van der Waals surface area contributed by atoms with E-state index < -0.39 is 0 Å². The normalized spacial score (nSPS) is 12.1. The number of nitrogens with zero attached hydrogens (tertiary/aromatic N) is 1. The summed E-state index contributed by atoms with van der Waals surface area (Å²) in [5.74, 6) is 0. The molecule has 0 atom stereocenters. The first-order valence-corrected chi connectivity index (χ1v) is 17.3. The summed E-state index contributed by atoms with van der Waals surface area (Å²) < 4.78 is 2.40. The topological polar surface area (TPSA) is 4.93 Å². The molecule has 8 aromatic carbocycles. The van der Waals surface area contributed by atoms with E-state index in [1.54, 1.807) is 0 Å². The van der Waals surface area contributed by atoms with Crippen LogP contribution in [0.2, 0.25) is 0 Å². The molecule has 0 aliphatic heterocycles. The second-order valence-electron chi connectivity index (χ2n) is 14.1. The standard InChI is InChI=1S/C44H33N.C4H8/c1-44(2,3)32-12-8-10-30(26-32)34-22-18-28-21-25-39-35(23-19-29-20-24-38(34)42(28)43(29)39)31-11-9-13-33(27-31)45-40-16-6-4-14-36(40)37-15-5-7-17-41(37)45;1-3-4-2/h4-27H,1-3H3;3-4H,1-2H3/b;4-3-. The number of fused-ring (bicyclic) bond motifs is 3. The zero-order valence-electron chi connectivity index (χ0n) is 29.0. The zero-order chi connectivity index (χ0) is 33.7. The molecule has 0 spiro atoms. The van der Waals surface area contributed by atoms with Crippen molar-refractivity contribution in [2.45, 2.75) is 40.0 Å². The first-order valence-electron chi connectivity index (χ1n) is 17.3. The first-order chi connectivity index (χ1) is 23.9. The molecule has 9 rings (SSSR count). The number of para-hydroxylation sites is 2. The third-order valence-electron chi connectivity index (χ3n) is 10.0. The van der Waals surface area contributed by atoms with Crippen LogP contribution in [0.15, 0.2) is 158 Å². The van der Waals surface area contributed by atoms with E-state index in [0.29, 0.717) is 0 Å². The highest BCUT2D eigenvalue weighted by Crippen LogP contribution is 2.43. The predicted octanol–water partition coefficient (Wildman–Crippen LogP) is 13.9. The molecule has 0 N–H and O–H groups in total. The van der Waals surface area contributed by atoms with Crippen LogP contribution in [0.25, 0.3) is 82.1 Å². The molecule has 0 saturated heterocycles. The van der Waals surface area contributed by atoms with Crippen LogP contribution in [-0.4, -0.2) is 4.57 Å². The molecule has 1 nitrogen and oxygen atoms in total. The predicted molar refractivity (Wildman–Crippen MR) is 215 cm³/mol. The van der Waals surface area contributed by atoms with E-state index in [4.69, 9.17) is 0 Å². The Kier molecular flexibility index (Phi) is 7.57. The average molecular weight is 632 g/mol. The lowest BCUT2D eigenvalue weighted by molar-refractivity contribution is 0.590. The molecular formula is C48H41N. The zero-order valence-corrected chi connectivity index (χ0v) is 29.0. The largest absolute Gasteiger partial charge is 0.309 e. The van der Waals surface area contributed by atoms with Gasteiger partial charge in [-0.15, -0.1) is 0 Å². The van der Waals surface area contributed by atoms with Crippen LogP contribution >= 0.6 is 0 Å². The Hall–Kier alpha value is -5.66. The van der Waals surface area contributed by atoms with E-state index in [-0.39, 0.29) is 5.41 Å². The SMILES string of the molecule is C/C=C\C.CC(C)(C)c1cccc(-c2ccc3ccc4c(-c5cccc(-n6c7ccccc7c7ccccc76)c5)ccc5ccc2c3c54)c1. The number of benzene rings is 8. The molecule has 0 aliphatic rings. The van der Waals surface area contributed by atoms with E-state index in [1.807, 2.05) is 26.0 Å². The molecule has 0 amide bonds. The van der Waals surface area contributed by atoms with E-state index in [9.17, 15) is 0 Å². The van der Waals surface area contributed by atoms with Gasteiger partial charge in [0.05, 0.1) is 11.0 Å². The van der Waals surface area contributed by atoms with E-state index in [0.717, 1.165) is 0 Å². The minimum absolute atomic E-state index is 0.0997. The maximum Gasteiger partial charge on any atom is 0.0541 e. The van der Waals surface area contributed by atoms with Crippen LogP contribution in [0, 0.1) is 0 Å². The van der Waals surface area contributed by atoms with Crippen molar-refractivity contribution in [2.75, 3.05) is 0 Å². The monoisotopic (exact) mass is 631 g/mol. The van der Waals surface area contributed by atoms with Crippen molar-refractivity contribution >= 4 is 54.1 Å². The molecule has 9 aromatic rings. The van der Waals surface area contributed by atoms with Crippen LogP contribution in [0.5, 0.6) is 0 Å². The highest BCUT2D eigenvalue weighted by molar-refractivity contribution is 6.27.